The molecule has 4 heteroatoms. The fourth-order valence-electron chi connectivity index (χ4n) is 4.95. The number of esters is 1. The van der Waals surface area contributed by atoms with Crippen LogP contribution >= 0.6 is 0 Å². The molecule has 0 radical (unpaired) electrons. The van der Waals surface area contributed by atoms with Crippen LogP contribution < -0.4 is 0 Å². The van der Waals surface area contributed by atoms with Crippen molar-refractivity contribution in [3.8, 4) is 0 Å². The van der Waals surface area contributed by atoms with E-state index in [2.05, 4.69) is 0 Å². The first-order chi connectivity index (χ1) is 10.7. The highest BCUT2D eigenvalue weighted by Crippen LogP contribution is 2.56. The van der Waals surface area contributed by atoms with Crippen molar-refractivity contribution in [1.29, 1.82) is 0 Å². The van der Waals surface area contributed by atoms with E-state index in [0.717, 1.165) is 44.8 Å². The molecule has 2 atom stereocenters. The molecule has 0 unspecified atom stereocenters. The molecular weight excluding hydrogens is 280 g/mol. The highest BCUT2D eigenvalue weighted by atomic mass is 16.7. The maximum absolute atomic E-state index is 11.4. The first-order valence-electron chi connectivity index (χ1n) is 9.09. The second kappa shape index (κ2) is 6.88. The van der Waals surface area contributed by atoms with Crippen LogP contribution in [0.15, 0.2) is 0 Å². The zero-order valence-corrected chi connectivity index (χ0v) is 13.9. The van der Waals surface area contributed by atoms with E-state index in [9.17, 15) is 4.79 Å². The smallest absolute Gasteiger partial charge is 0.305 e. The van der Waals surface area contributed by atoms with Crippen molar-refractivity contribution in [3.05, 3.63) is 0 Å². The van der Waals surface area contributed by atoms with Crippen LogP contribution in [0.1, 0.15) is 71.1 Å². The molecule has 2 saturated carbocycles. The van der Waals surface area contributed by atoms with Gasteiger partial charge in [0.1, 0.15) is 0 Å². The van der Waals surface area contributed by atoms with E-state index < -0.39 is 0 Å². The average Bonchev–Trinajstić information content (AvgIpc) is 3.08. The molecule has 0 N–H and O–H groups in total. The van der Waals surface area contributed by atoms with Gasteiger partial charge in [-0.25, -0.2) is 0 Å². The van der Waals surface area contributed by atoms with Crippen molar-refractivity contribution in [1.82, 2.24) is 0 Å². The summed E-state index contributed by atoms with van der Waals surface area (Å²) in [6.45, 7) is 3.89. The molecule has 0 amide bonds. The van der Waals surface area contributed by atoms with Crippen LogP contribution in [-0.2, 0) is 19.0 Å². The molecule has 4 nitrogen and oxygen atoms in total. The van der Waals surface area contributed by atoms with Gasteiger partial charge in [0.15, 0.2) is 5.79 Å². The monoisotopic (exact) mass is 310 g/mol. The van der Waals surface area contributed by atoms with Crippen LogP contribution in [0.4, 0.5) is 0 Å². The predicted molar refractivity (Wildman–Crippen MR) is 83.4 cm³/mol. The van der Waals surface area contributed by atoms with Gasteiger partial charge in [-0.3, -0.25) is 4.79 Å². The normalized spacial score (nSPS) is 33.6. The average molecular weight is 310 g/mol. The summed E-state index contributed by atoms with van der Waals surface area (Å²) in [5, 5.41) is 0. The van der Waals surface area contributed by atoms with Gasteiger partial charge in [-0.1, -0.05) is 0 Å². The molecule has 1 heterocycles. The highest BCUT2D eigenvalue weighted by molar-refractivity contribution is 5.69. The Balaban J connectivity index is 1.46. The van der Waals surface area contributed by atoms with Crippen molar-refractivity contribution in [3.63, 3.8) is 0 Å². The van der Waals surface area contributed by atoms with E-state index in [1.54, 1.807) is 0 Å². The maximum Gasteiger partial charge on any atom is 0.305 e. The van der Waals surface area contributed by atoms with E-state index in [1.807, 2.05) is 6.92 Å². The predicted octanol–water partition coefficient (Wildman–Crippen LogP) is 3.82. The van der Waals surface area contributed by atoms with Crippen molar-refractivity contribution in [2.45, 2.75) is 76.9 Å². The Morgan fingerprint density at radius 2 is 2.05 bits per heavy atom. The lowest BCUT2D eigenvalue weighted by Gasteiger charge is -2.43. The summed E-state index contributed by atoms with van der Waals surface area (Å²) in [6, 6.07) is 0. The summed E-state index contributed by atoms with van der Waals surface area (Å²) in [4.78, 5) is 11.4. The lowest BCUT2D eigenvalue weighted by molar-refractivity contribution is -0.201. The molecule has 0 bridgehead atoms. The Bertz CT molecular complexity index is 389. The molecule has 1 saturated heterocycles. The fourth-order valence-corrected chi connectivity index (χ4v) is 4.95. The van der Waals surface area contributed by atoms with Crippen LogP contribution in [0, 0.1) is 11.3 Å². The standard InChI is InChI=1S/C18H30O4/c1-2-20-16(19)6-3-5-15-7-10-17(13-15)8-4-9-18(14-17)21-11-12-22-18/h15H,2-14H2,1H3/t15-,17-/m1/s1. The first kappa shape index (κ1) is 16.3. The van der Waals surface area contributed by atoms with Gasteiger partial charge in [0.05, 0.1) is 19.8 Å². The summed E-state index contributed by atoms with van der Waals surface area (Å²) in [7, 11) is 0. The Hall–Kier alpha value is -0.610. The molecular formula is C18H30O4. The minimum atomic E-state index is -0.252. The largest absolute Gasteiger partial charge is 0.466 e. The number of ether oxygens (including phenoxy) is 3. The Labute approximate surface area is 133 Å². The molecule has 3 aliphatic rings. The third kappa shape index (κ3) is 3.65. The van der Waals surface area contributed by atoms with Crippen LogP contribution in [-0.4, -0.2) is 31.6 Å². The second-order valence-corrected chi connectivity index (χ2v) is 7.44. The summed E-state index contributed by atoms with van der Waals surface area (Å²) >= 11 is 0. The quantitative estimate of drug-likeness (QED) is 0.724. The summed E-state index contributed by atoms with van der Waals surface area (Å²) < 4.78 is 16.9. The molecule has 0 aromatic rings. The molecule has 3 rings (SSSR count). The number of rotatable bonds is 5. The molecule has 0 aromatic carbocycles. The van der Waals surface area contributed by atoms with Crippen molar-refractivity contribution in [2.24, 2.45) is 11.3 Å². The third-order valence-corrected chi connectivity index (χ3v) is 5.83. The highest BCUT2D eigenvalue weighted by Gasteiger charge is 2.50. The molecule has 126 valence electrons. The minimum absolute atomic E-state index is 0.0421. The first-order valence-corrected chi connectivity index (χ1v) is 9.09. The lowest BCUT2D eigenvalue weighted by atomic mass is 9.69. The van der Waals surface area contributed by atoms with Crippen molar-refractivity contribution in [2.75, 3.05) is 19.8 Å². The van der Waals surface area contributed by atoms with E-state index in [0.29, 0.717) is 18.4 Å². The van der Waals surface area contributed by atoms with Gasteiger partial charge in [0.25, 0.3) is 0 Å². The van der Waals surface area contributed by atoms with Crippen LogP contribution in [0.2, 0.25) is 0 Å². The van der Waals surface area contributed by atoms with Crippen LogP contribution in [0.5, 0.6) is 0 Å². The molecule has 1 aliphatic heterocycles. The number of carbonyl (C=O) groups is 1. The third-order valence-electron chi connectivity index (χ3n) is 5.83. The fraction of sp³-hybridized carbons (Fsp3) is 0.944. The van der Waals surface area contributed by atoms with Crippen molar-refractivity contribution >= 4 is 5.97 Å². The topological polar surface area (TPSA) is 44.8 Å². The molecule has 3 fully saturated rings. The number of carbonyl (C=O) groups excluding carboxylic acids is 1. The molecule has 22 heavy (non-hydrogen) atoms. The van der Waals surface area contributed by atoms with Crippen molar-refractivity contribution < 1.29 is 19.0 Å². The number of hydrogen-bond donors (Lipinski definition) is 0. The minimum Gasteiger partial charge on any atom is -0.466 e. The van der Waals surface area contributed by atoms with E-state index in [-0.39, 0.29) is 11.8 Å². The molecule has 2 spiro atoms. The maximum atomic E-state index is 11.4. The van der Waals surface area contributed by atoms with E-state index in [1.165, 1.54) is 32.1 Å². The summed E-state index contributed by atoms with van der Waals surface area (Å²) in [5.74, 6) is 0.475. The number of hydrogen-bond acceptors (Lipinski definition) is 4. The van der Waals surface area contributed by atoms with Gasteiger partial charge in [-0.05, 0) is 63.2 Å². The van der Waals surface area contributed by atoms with Gasteiger partial charge in [-0.15, -0.1) is 0 Å². The Morgan fingerprint density at radius 3 is 2.82 bits per heavy atom. The second-order valence-electron chi connectivity index (χ2n) is 7.44. The van der Waals surface area contributed by atoms with E-state index >= 15 is 0 Å². The molecule has 0 aromatic heterocycles. The Morgan fingerprint density at radius 1 is 1.23 bits per heavy atom. The SMILES string of the molecule is CCOC(=O)CCC[C@@H]1CC[C@]2(CCCC3(C2)OCCO3)C1. The van der Waals surface area contributed by atoms with Crippen LogP contribution in [0.3, 0.4) is 0 Å². The zero-order chi connectivity index (χ0) is 15.5. The van der Waals surface area contributed by atoms with Gasteiger partial charge in [0, 0.05) is 19.3 Å². The van der Waals surface area contributed by atoms with Crippen LogP contribution in [0.25, 0.3) is 0 Å². The van der Waals surface area contributed by atoms with Gasteiger partial charge >= 0.3 is 5.97 Å². The molecule has 2 aliphatic carbocycles. The zero-order valence-electron chi connectivity index (χ0n) is 13.9. The van der Waals surface area contributed by atoms with Gasteiger partial charge in [-0.2, -0.15) is 0 Å². The Kier molecular flexibility index (Phi) is 5.08. The van der Waals surface area contributed by atoms with Gasteiger partial charge in [0.2, 0.25) is 0 Å². The summed E-state index contributed by atoms with van der Waals surface area (Å²) in [6.07, 6.45) is 11.3. The summed E-state index contributed by atoms with van der Waals surface area (Å²) in [5.41, 5.74) is 0.442. The lowest BCUT2D eigenvalue weighted by Crippen LogP contribution is -2.41. The van der Waals surface area contributed by atoms with Gasteiger partial charge < -0.3 is 14.2 Å². The van der Waals surface area contributed by atoms with E-state index in [4.69, 9.17) is 14.2 Å².